The summed E-state index contributed by atoms with van der Waals surface area (Å²) in [5, 5.41) is 16.9. The van der Waals surface area contributed by atoms with Gasteiger partial charge in [-0.15, -0.1) is 13.2 Å². The molecule has 0 fully saturated rings. The number of amides is 1. The molecule has 14 heteroatoms. The van der Waals surface area contributed by atoms with Crippen LogP contribution in [0.15, 0.2) is 66.7 Å². The number of aromatic nitrogens is 4. The molecule has 0 radical (unpaired) electrons. The molecule has 5 rings (SSSR count). The molecule has 2 N–H and O–H groups in total. The monoisotopic (exact) mass is 631 g/mol. The maximum atomic E-state index is 12.8. The number of carboxylic acid groups (broad SMARTS) is 1. The Balaban J connectivity index is 1.51. The highest BCUT2D eigenvalue weighted by Crippen LogP contribution is 2.33. The Morgan fingerprint density at radius 2 is 1.70 bits per heavy atom. The van der Waals surface area contributed by atoms with Crippen molar-refractivity contribution in [3.05, 3.63) is 87.9 Å². The largest absolute Gasteiger partial charge is 0.573 e. The normalized spacial score (nSPS) is 11.6. The van der Waals surface area contributed by atoms with Gasteiger partial charge in [-0.3, -0.25) is 14.3 Å². The van der Waals surface area contributed by atoms with Gasteiger partial charge < -0.3 is 19.7 Å². The number of alkyl halides is 3. The van der Waals surface area contributed by atoms with E-state index in [0.717, 1.165) is 5.56 Å². The first-order chi connectivity index (χ1) is 20.4. The molecule has 0 unspecified atom stereocenters. The number of imidazole rings is 1. The topological polar surface area (TPSA) is 111 Å². The third-order valence-electron chi connectivity index (χ3n) is 6.43. The van der Waals surface area contributed by atoms with E-state index in [1.54, 1.807) is 64.8 Å². The second-order valence-electron chi connectivity index (χ2n) is 9.52. The number of carbonyl (C=O) groups excluding carboxylic acids is 1. The molecule has 2 heterocycles. The fourth-order valence-electron chi connectivity index (χ4n) is 4.49. The molecule has 1 amide bonds. The van der Waals surface area contributed by atoms with Crippen LogP contribution in [0.1, 0.15) is 22.3 Å². The van der Waals surface area contributed by atoms with Crippen LogP contribution in [0.25, 0.3) is 33.8 Å². The average Bonchev–Trinajstić information content (AvgIpc) is 3.47. The molecular formula is C29H22Cl2F3N5O4. The van der Waals surface area contributed by atoms with Gasteiger partial charge in [0, 0.05) is 40.8 Å². The lowest BCUT2D eigenvalue weighted by atomic mass is 10.1. The molecule has 0 saturated carbocycles. The molecule has 2 aromatic heterocycles. The lowest BCUT2D eigenvalue weighted by Gasteiger charge is -2.09. The predicted molar refractivity (Wildman–Crippen MR) is 154 cm³/mol. The number of hydrogen-bond acceptors (Lipinski definition) is 5. The first-order valence-electron chi connectivity index (χ1n) is 12.7. The summed E-state index contributed by atoms with van der Waals surface area (Å²) >= 11 is 12.5. The molecule has 0 spiro atoms. The fourth-order valence-corrected chi connectivity index (χ4v) is 5.01. The van der Waals surface area contributed by atoms with Crippen molar-refractivity contribution in [1.29, 1.82) is 0 Å². The summed E-state index contributed by atoms with van der Waals surface area (Å²) in [6.07, 6.45) is -5.03. The summed E-state index contributed by atoms with van der Waals surface area (Å²) < 4.78 is 45.9. The highest BCUT2D eigenvalue weighted by Gasteiger charge is 2.31. The van der Waals surface area contributed by atoms with Crippen LogP contribution in [0.4, 0.5) is 13.2 Å². The molecule has 0 saturated heterocycles. The number of carboxylic acids is 1. The number of rotatable bonds is 9. The van der Waals surface area contributed by atoms with Crippen molar-refractivity contribution in [1.82, 2.24) is 24.6 Å². The summed E-state index contributed by atoms with van der Waals surface area (Å²) in [7, 11) is 1.74. The number of aliphatic carboxylic acids is 1. The second kappa shape index (κ2) is 12.0. The van der Waals surface area contributed by atoms with E-state index < -0.39 is 18.2 Å². The number of carbonyl (C=O) groups is 2. The van der Waals surface area contributed by atoms with Gasteiger partial charge in [-0.25, -0.2) is 4.98 Å². The minimum Gasteiger partial charge on any atom is -0.481 e. The first-order valence-corrected chi connectivity index (χ1v) is 13.5. The van der Waals surface area contributed by atoms with Gasteiger partial charge in [-0.2, -0.15) is 5.10 Å². The number of ether oxygens (including phenoxy) is 1. The van der Waals surface area contributed by atoms with Crippen molar-refractivity contribution in [3.63, 3.8) is 0 Å². The summed E-state index contributed by atoms with van der Waals surface area (Å²) in [6, 6.07) is 17.4. The molecule has 3 aromatic carbocycles. The van der Waals surface area contributed by atoms with Gasteiger partial charge in [0.05, 0.1) is 29.7 Å². The Kier molecular flexibility index (Phi) is 8.34. The van der Waals surface area contributed by atoms with Crippen molar-refractivity contribution in [2.45, 2.75) is 19.3 Å². The fraction of sp³-hybridized carbons (Fsp3) is 0.172. The van der Waals surface area contributed by atoms with E-state index in [0.29, 0.717) is 43.9 Å². The molecule has 0 aliphatic heterocycles. The Bertz CT molecular complexity index is 1810. The third kappa shape index (κ3) is 7.09. The van der Waals surface area contributed by atoms with Crippen LogP contribution in [0, 0.1) is 0 Å². The van der Waals surface area contributed by atoms with E-state index in [9.17, 15) is 22.8 Å². The van der Waals surface area contributed by atoms with Crippen molar-refractivity contribution >= 4 is 46.1 Å². The van der Waals surface area contributed by atoms with E-state index in [4.69, 9.17) is 33.4 Å². The average molecular weight is 632 g/mol. The highest BCUT2D eigenvalue weighted by atomic mass is 35.5. The van der Waals surface area contributed by atoms with Crippen LogP contribution in [0.2, 0.25) is 10.0 Å². The van der Waals surface area contributed by atoms with Gasteiger partial charge in [0.25, 0.3) is 5.91 Å². The van der Waals surface area contributed by atoms with Crippen molar-refractivity contribution in [3.8, 4) is 28.5 Å². The van der Waals surface area contributed by atoms with Crippen molar-refractivity contribution in [2.75, 3.05) is 6.54 Å². The van der Waals surface area contributed by atoms with E-state index in [-0.39, 0.29) is 30.8 Å². The lowest BCUT2D eigenvalue weighted by Crippen LogP contribution is -2.25. The number of hydrogen-bond donors (Lipinski definition) is 2. The third-order valence-corrected chi connectivity index (χ3v) is 6.86. The summed E-state index contributed by atoms with van der Waals surface area (Å²) in [6.45, 7) is 0.251. The quantitative estimate of drug-likeness (QED) is 0.190. The molecule has 9 nitrogen and oxygen atoms in total. The predicted octanol–water partition coefficient (Wildman–Crippen LogP) is 6.56. The number of fused-ring (bicyclic) bond motifs is 1. The number of halogens is 5. The molecule has 0 aliphatic rings. The zero-order chi connectivity index (χ0) is 30.9. The molecule has 43 heavy (non-hydrogen) atoms. The standard InChI is InChI=1S/C29H22Cl2F3N5O4/c1-38-24-7-6-21(43-29(32,33)34)13-23(24)36-27(38)25-14-22(18-10-19(30)12-20(31)11-18)37-39(25)15-16-2-4-17(5-3-16)28(42)35-9-8-26(40)41/h2-7,10-14H,8-9,15H2,1H3,(H,35,42)(H,40,41). The van der Waals surface area contributed by atoms with Crippen LogP contribution in [0.5, 0.6) is 5.75 Å². The van der Waals surface area contributed by atoms with Gasteiger partial charge >= 0.3 is 12.3 Å². The van der Waals surface area contributed by atoms with E-state index in [1.807, 2.05) is 0 Å². The van der Waals surface area contributed by atoms with Crippen LogP contribution >= 0.6 is 23.2 Å². The molecule has 0 aliphatic carbocycles. The number of benzene rings is 3. The molecule has 0 bridgehead atoms. The van der Waals surface area contributed by atoms with Crippen molar-refractivity contribution < 1.29 is 32.6 Å². The number of nitrogens with zero attached hydrogens (tertiary/aromatic N) is 4. The minimum atomic E-state index is -4.84. The highest BCUT2D eigenvalue weighted by molar-refractivity contribution is 6.35. The van der Waals surface area contributed by atoms with Crippen LogP contribution in [0.3, 0.4) is 0 Å². The van der Waals surface area contributed by atoms with Gasteiger partial charge in [0.15, 0.2) is 5.82 Å². The van der Waals surface area contributed by atoms with E-state index in [1.165, 1.54) is 18.2 Å². The first kappa shape index (κ1) is 29.9. The van der Waals surface area contributed by atoms with Crippen LogP contribution in [-0.4, -0.2) is 49.2 Å². The Labute approximate surface area is 252 Å². The minimum absolute atomic E-state index is 0.00467. The van der Waals surface area contributed by atoms with Crippen LogP contribution in [-0.2, 0) is 18.4 Å². The smallest absolute Gasteiger partial charge is 0.481 e. The number of nitrogens with one attached hydrogen (secondary N) is 1. The zero-order valence-electron chi connectivity index (χ0n) is 22.3. The summed E-state index contributed by atoms with van der Waals surface area (Å²) in [4.78, 5) is 27.7. The molecule has 5 aromatic rings. The van der Waals surface area contributed by atoms with Gasteiger partial charge in [0.2, 0.25) is 0 Å². The van der Waals surface area contributed by atoms with Gasteiger partial charge in [-0.05, 0) is 54.1 Å². The van der Waals surface area contributed by atoms with Gasteiger partial charge in [0.1, 0.15) is 11.4 Å². The Hall–Kier alpha value is -4.55. The molecular weight excluding hydrogens is 610 g/mol. The van der Waals surface area contributed by atoms with Crippen molar-refractivity contribution in [2.24, 2.45) is 7.05 Å². The second-order valence-corrected chi connectivity index (χ2v) is 10.4. The summed E-state index contributed by atoms with van der Waals surface area (Å²) in [5.41, 5.74) is 3.73. The zero-order valence-corrected chi connectivity index (χ0v) is 23.8. The van der Waals surface area contributed by atoms with Crippen LogP contribution < -0.4 is 10.1 Å². The molecule has 0 atom stereocenters. The number of aryl methyl sites for hydroxylation is 1. The maximum Gasteiger partial charge on any atom is 0.573 e. The SMILES string of the molecule is Cn1c(-c2cc(-c3cc(Cl)cc(Cl)c3)nn2Cc2ccc(C(=O)NCCC(=O)O)cc2)nc2cc(OC(F)(F)F)ccc21. The maximum absolute atomic E-state index is 12.8. The van der Waals surface area contributed by atoms with E-state index >= 15 is 0 Å². The Morgan fingerprint density at radius 3 is 2.35 bits per heavy atom. The molecule has 222 valence electrons. The summed E-state index contributed by atoms with van der Waals surface area (Å²) in [5.74, 6) is -1.37. The van der Waals surface area contributed by atoms with E-state index in [2.05, 4.69) is 15.0 Å². The lowest BCUT2D eigenvalue weighted by molar-refractivity contribution is -0.274. The van der Waals surface area contributed by atoms with Gasteiger partial charge in [-0.1, -0.05) is 35.3 Å². The Morgan fingerprint density at radius 1 is 1.00 bits per heavy atom.